The summed E-state index contributed by atoms with van der Waals surface area (Å²) in [7, 11) is 15.3. The number of methoxy groups -OCH3 is 6. The molecular formula is C89H130ClFN18O15S3. The third kappa shape index (κ3) is 38.6. The number of hydrogen-bond acceptors (Lipinski definition) is 29. The molecule has 6 N–H and O–H groups in total. The van der Waals surface area contributed by atoms with Gasteiger partial charge in [0, 0.05) is 247 Å². The van der Waals surface area contributed by atoms with Gasteiger partial charge in [-0.25, -0.2) is 9.97 Å². The van der Waals surface area contributed by atoms with Crippen molar-refractivity contribution in [3.05, 3.63) is 209 Å². The maximum Gasteiger partial charge on any atom is 0.269 e. The molecule has 2 amide bonds. The number of nitrogens with one attached hydrogen (secondary N) is 4. The summed E-state index contributed by atoms with van der Waals surface area (Å²) >= 11 is 5.73. The predicted molar refractivity (Wildman–Crippen MR) is 520 cm³/mol. The van der Waals surface area contributed by atoms with Crippen LogP contribution in [0.15, 0.2) is 183 Å². The Morgan fingerprint density at radius 2 is 0.929 bits per heavy atom. The molecule has 698 valence electrons. The molecule has 0 bridgehead atoms. The van der Waals surface area contributed by atoms with Crippen LogP contribution in [0.4, 0.5) is 67.2 Å². The minimum absolute atomic E-state index is 0. The van der Waals surface area contributed by atoms with E-state index in [1.807, 2.05) is 43.4 Å². The van der Waals surface area contributed by atoms with Crippen LogP contribution in [0, 0.1) is 20.2 Å². The van der Waals surface area contributed by atoms with Crippen molar-refractivity contribution in [3.8, 4) is 34.8 Å². The SMILES string of the molecule is C.C1CCOC1.C=CC(=O)Nc1cccc(Oc2nc(Cl)ncc2OC)c1.C=CC(=O)Nc1cccc(Oc2nc(Nc3ccc(N(C)[C@H]4CCN(CCOC)C4)cc3)ncc2OC)c1.COCCN1CC[C@H](N(C)c2ccc(N)cc2)C1.COCCN1CC[C@H](N(C)c2ccc([N+](=O)[O-])cc2)C1.COCCN1CC[C@H](Nc2ccc([N+](=O)[O-])cc2)C1.S.S.S.[2H]CF. The van der Waals surface area contributed by atoms with Gasteiger partial charge in [-0.2, -0.15) is 50.5 Å². The summed E-state index contributed by atoms with van der Waals surface area (Å²) in [5.41, 5.74) is 13.1. The number of carbonyl (C=O) groups excluding carboxylic acids is 2. The van der Waals surface area contributed by atoms with Gasteiger partial charge in [0.25, 0.3) is 23.1 Å². The van der Waals surface area contributed by atoms with E-state index < -0.39 is 7.15 Å². The third-order valence-electron chi connectivity index (χ3n) is 20.5. The number of nitrogens with zero attached hydrogens (tertiary/aromatic N) is 13. The zero-order chi connectivity index (χ0) is 89.6. The van der Waals surface area contributed by atoms with Gasteiger partial charge >= 0.3 is 0 Å². The van der Waals surface area contributed by atoms with Crippen LogP contribution in [-0.4, -0.2) is 274 Å². The van der Waals surface area contributed by atoms with Gasteiger partial charge in [0.05, 0.1) is 71.4 Å². The number of hydrogen-bond donors (Lipinski definition) is 5. The van der Waals surface area contributed by atoms with E-state index in [0.29, 0.717) is 64.5 Å². The zero-order valence-electron chi connectivity index (χ0n) is 74.3. The highest BCUT2D eigenvalue weighted by atomic mass is 35.5. The molecule has 0 saturated carbocycles. The lowest BCUT2D eigenvalue weighted by Crippen LogP contribution is -2.35. The normalized spacial score (nSPS) is 16.0. The number of rotatable bonds is 34. The summed E-state index contributed by atoms with van der Waals surface area (Å²) < 4.78 is 63.0. The van der Waals surface area contributed by atoms with Gasteiger partial charge in [-0.15, -0.1) is 0 Å². The zero-order valence-corrected chi connectivity index (χ0v) is 77.1. The maximum absolute atomic E-state index is 11.6. The summed E-state index contributed by atoms with van der Waals surface area (Å²) in [6.45, 7) is 24.4. The Labute approximate surface area is 774 Å². The molecule has 4 atom stereocenters. The van der Waals surface area contributed by atoms with Gasteiger partial charge in [-0.3, -0.25) is 53.8 Å². The van der Waals surface area contributed by atoms with Crippen LogP contribution in [0.1, 0.15) is 47.3 Å². The van der Waals surface area contributed by atoms with Crippen LogP contribution in [0.2, 0.25) is 5.28 Å². The lowest BCUT2D eigenvalue weighted by Gasteiger charge is -2.27. The molecule has 6 aromatic carbocycles. The Bertz CT molecular complexity index is 4520. The average molecular weight is 1840 g/mol. The number of benzene rings is 6. The van der Waals surface area contributed by atoms with Crippen molar-refractivity contribution in [2.75, 3.05) is 231 Å². The standard InChI is InChI=1S/C28H34N6O4.C14H12ClN3O3.C14H21N3O3.C14H23N3O.C13H19N3O3.C4H8O.CH3F.CH4.3H2S/c1-5-26(35)30-21-7-6-8-24(17-21)38-27-25(37-4)18-29-28(32-27)31-20-9-11-22(12-10-20)33(2)23-13-14-34(19-23)15-16-36-3;1-3-12(19)17-9-5-4-6-10(7-9)21-13-11(20-2)8-16-14(15)18-13;1-15(12-3-5-13(6-4-12)17(18)19)14-7-8-16(11-14)9-10-20-2;1-16(13-5-3-12(15)4-6-13)14-7-8-17(11-14)9-10-18-2;1-19-9-8-15-7-6-12(10-15)14-11-2-4-13(5-3-11)16(17)18;1-2-4-5-3-1;1-2;;;;/h5-12,17-18,23H,1,13-16,19H2,2-4H3,(H,30,35)(H,29,31,32);3-8H,1H2,2H3,(H,17,19);3-6,14H,7-11H2,1-2H3;3-6,14H,7-11,15H2,1-2H3;2-5,12,14H,6-10H2,1H3;1-4H2;1H3;1H4;3*1H2/t23-;;2*14-;12-;;;;;;/m0.000....../s1/i;;;;;;1D;;;;. The summed E-state index contributed by atoms with van der Waals surface area (Å²) in [4.78, 5) is 76.5. The van der Waals surface area contributed by atoms with Crippen molar-refractivity contribution in [3.63, 3.8) is 0 Å². The van der Waals surface area contributed by atoms with Crippen molar-refractivity contribution in [1.29, 1.82) is 0 Å². The first-order chi connectivity index (χ1) is 60.0. The second kappa shape index (κ2) is 61.1. The number of alkyl halides is 1. The summed E-state index contributed by atoms with van der Waals surface area (Å²) in [6, 6.07) is 45.3. The van der Waals surface area contributed by atoms with Gasteiger partial charge < -0.3 is 84.3 Å². The number of anilines is 9. The summed E-state index contributed by atoms with van der Waals surface area (Å²) in [5, 5.41) is 33.2. The third-order valence-corrected chi connectivity index (χ3v) is 20.7. The van der Waals surface area contributed by atoms with Gasteiger partial charge in [0.2, 0.25) is 23.0 Å². The molecule has 0 aliphatic carbocycles. The van der Waals surface area contributed by atoms with Crippen LogP contribution in [-0.2, 0) is 33.3 Å². The Morgan fingerprint density at radius 3 is 1.31 bits per heavy atom. The molecular weight excluding hydrogens is 1710 g/mol. The van der Waals surface area contributed by atoms with E-state index in [1.54, 1.807) is 107 Å². The highest BCUT2D eigenvalue weighted by Gasteiger charge is 2.29. The van der Waals surface area contributed by atoms with Crippen LogP contribution in [0.25, 0.3) is 0 Å². The van der Waals surface area contributed by atoms with Crippen LogP contribution >= 0.6 is 52.1 Å². The number of aromatic nitrogens is 4. The van der Waals surface area contributed by atoms with E-state index in [0.717, 1.165) is 166 Å². The Kier molecular flexibility index (Phi) is 52.4. The number of likely N-dealkylation sites (tertiary alicyclic amines) is 4. The molecule has 5 aliphatic rings. The fourth-order valence-corrected chi connectivity index (χ4v) is 13.7. The second-order valence-corrected chi connectivity index (χ2v) is 29.2. The summed E-state index contributed by atoms with van der Waals surface area (Å²) in [6.07, 6.45) is 12.4. The first kappa shape index (κ1) is 109. The molecule has 13 rings (SSSR count). The van der Waals surface area contributed by atoms with E-state index >= 15 is 0 Å². The smallest absolute Gasteiger partial charge is 0.269 e. The minimum atomic E-state index is -1.00. The maximum atomic E-state index is 11.6. The number of ether oxygens (including phenoxy) is 9. The molecule has 5 saturated heterocycles. The van der Waals surface area contributed by atoms with Crippen molar-refractivity contribution in [2.24, 2.45) is 0 Å². The largest absolute Gasteiger partial charge is 0.490 e. The Morgan fingerprint density at radius 1 is 0.559 bits per heavy atom. The van der Waals surface area contributed by atoms with E-state index in [2.05, 4.69) is 127 Å². The van der Waals surface area contributed by atoms with Crippen molar-refractivity contribution < 1.29 is 67.8 Å². The number of nitro benzene ring substituents is 2. The van der Waals surface area contributed by atoms with Crippen LogP contribution in [0.5, 0.6) is 34.8 Å². The quantitative estimate of drug-likeness (QED) is 0.00822. The molecule has 2 aromatic heterocycles. The lowest BCUT2D eigenvalue weighted by molar-refractivity contribution is -0.385. The summed E-state index contributed by atoms with van der Waals surface area (Å²) in [5.74, 6) is 1.84. The monoisotopic (exact) mass is 1840 g/mol. The number of halogens is 2. The molecule has 7 heterocycles. The number of carbonyl (C=O) groups is 2. The molecule has 38 heteroatoms. The predicted octanol–water partition coefficient (Wildman–Crippen LogP) is 14.6. The number of nitrogen functional groups attached to an aromatic ring is 1. The lowest BCUT2D eigenvalue weighted by atomic mass is 10.2. The number of nitro groups is 2. The van der Waals surface area contributed by atoms with Gasteiger partial charge in [0.1, 0.15) is 11.5 Å². The molecule has 5 aliphatic heterocycles. The number of amides is 2. The molecule has 0 spiro atoms. The number of likely N-dealkylation sites (N-methyl/N-ethyl adjacent to an activating group) is 3. The first-order valence-electron chi connectivity index (χ1n) is 41.1. The molecule has 0 radical (unpaired) electrons. The molecule has 33 nitrogen and oxygen atoms in total. The molecule has 0 unspecified atom stereocenters. The van der Waals surface area contributed by atoms with Crippen molar-refractivity contribution >= 4 is 127 Å². The fraction of sp³-hybridized carbons (Fsp3) is 0.438. The molecule has 127 heavy (non-hydrogen) atoms. The Hall–Kier alpha value is -10.4. The minimum Gasteiger partial charge on any atom is -0.490 e. The van der Waals surface area contributed by atoms with Gasteiger partial charge in [-0.1, -0.05) is 32.7 Å². The fourth-order valence-electron chi connectivity index (χ4n) is 13.6. The highest BCUT2D eigenvalue weighted by Crippen LogP contribution is 2.35. The topological polar surface area (TPSA) is 352 Å². The van der Waals surface area contributed by atoms with Crippen LogP contribution in [0.3, 0.4) is 0 Å². The van der Waals surface area contributed by atoms with E-state index in [1.165, 1.54) is 69.7 Å². The van der Waals surface area contributed by atoms with Gasteiger partial charge in [-0.05, 0) is 159 Å². The van der Waals surface area contributed by atoms with Gasteiger partial charge in [0.15, 0.2) is 11.5 Å². The number of nitrogens with two attached hydrogens (primary N) is 1. The van der Waals surface area contributed by atoms with E-state index in [4.69, 9.17) is 61.3 Å². The Balaban J connectivity index is 0.000000412. The second-order valence-electron chi connectivity index (χ2n) is 28.9. The van der Waals surface area contributed by atoms with Crippen molar-refractivity contribution in [2.45, 2.75) is 70.1 Å². The first-order valence-corrected chi connectivity index (χ1v) is 40.8. The highest BCUT2D eigenvalue weighted by molar-refractivity contribution is 7.59. The van der Waals surface area contributed by atoms with Crippen LogP contribution < -0.4 is 60.6 Å². The van der Waals surface area contributed by atoms with E-state index in [9.17, 15) is 34.2 Å². The molecule has 5 fully saturated rings. The molecule has 8 aromatic rings. The van der Waals surface area contributed by atoms with E-state index in [-0.39, 0.29) is 98.0 Å². The van der Waals surface area contributed by atoms with Crippen molar-refractivity contribution in [1.82, 2.24) is 39.5 Å². The average Bonchev–Trinajstić information content (AvgIpc) is 1.26. The number of non-ortho nitro benzene ring substituents is 2.